The molecule has 0 aliphatic carbocycles. The maximum absolute atomic E-state index is 12.6. The minimum absolute atomic E-state index is 0.105. The third-order valence-corrected chi connectivity index (χ3v) is 5.40. The van der Waals surface area contributed by atoms with E-state index in [2.05, 4.69) is 72.1 Å². The zero-order chi connectivity index (χ0) is 20.1. The van der Waals surface area contributed by atoms with Crippen molar-refractivity contribution in [2.75, 3.05) is 24.5 Å². The van der Waals surface area contributed by atoms with Gasteiger partial charge in [-0.25, -0.2) is 4.98 Å². The highest BCUT2D eigenvalue weighted by Gasteiger charge is 2.18. The normalized spacial score (nSPS) is 13.9. The van der Waals surface area contributed by atoms with Crippen LogP contribution >= 0.6 is 0 Å². The van der Waals surface area contributed by atoms with Gasteiger partial charge in [0.15, 0.2) is 0 Å². The first kappa shape index (κ1) is 20.3. The Morgan fingerprint density at radius 2 is 1.79 bits per heavy atom. The molecule has 2 heterocycles. The molecule has 5 nitrogen and oxygen atoms in total. The molecule has 1 aromatic heterocycles. The van der Waals surface area contributed by atoms with Gasteiger partial charge in [-0.3, -0.25) is 9.69 Å². The van der Waals surface area contributed by atoms with Crippen LogP contribution in [0.4, 0.5) is 5.82 Å². The summed E-state index contributed by atoms with van der Waals surface area (Å²) in [7, 11) is 0. The van der Waals surface area contributed by atoms with Gasteiger partial charge in [0.05, 0.1) is 0 Å². The van der Waals surface area contributed by atoms with Gasteiger partial charge in [0.2, 0.25) is 0 Å². The van der Waals surface area contributed by atoms with E-state index in [4.69, 9.17) is 0 Å². The van der Waals surface area contributed by atoms with Crippen LogP contribution < -0.4 is 10.2 Å². The first-order chi connectivity index (χ1) is 13.5. The molecule has 0 spiro atoms. The third-order valence-electron chi connectivity index (χ3n) is 5.40. The second kappa shape index (κ2) is 9.20. The van der Waals surface area contributed by atoms with Crippen LogP contribution in [0, 0.1) is 0 Å². The largest absolute Gasteiger partial charge is 0.352 e. The number of carbonyl (C=O) groups excluding carboxylic acids is 1. The number of nitrogens with one attached hydrogen (secondary N) is 1. The van der Waals surface area contributed by atoms with Crippen molar-refractivity contribution in [3.63, 3.8) is 0 Å². The number of carbonyl (C=O) groups is 1. The van der Waals surface area contributed by atoms with E-state index in [1.165, 1.54) is 11.1 Å². The molecule has 0 saturated carbocycles. The van der Waals surface area contributed by atoms with E-state index in [0.29, 0.717) is 24.3 Å². The van der Waals surface area contributed by atoms with Crippen molar-refractivity contribution in [1.82, 2.24) is 15.2 Å². The van der Waals surface area contributed by atoms with E-state index < -0.39 is 0 Å². The molecule has 5 heteroatoms. The maximum Gasteiger partial charge on any atom is 0.270 e. The van der Waals surface area contributed by atoms with Gasteiger partial charge in [-0.1, -0.05) is 30.3 Å². The quantitative estimate of drug-likeness (QED) is 0.799. The molecule has 1 aromatic carbocycles. The lowest BCUT2D eigenvalue weighted by Crippen LogP contribution is -2.42. The predicted molar refractivity (Wildman–Crippen MR) is 115 cm³/mol. The molecule has 150 valence electrons. The first-order valence-corrected chi connectivity index (χ1v) is 10.3. The lowest BCUT2D eigenvalue weighted by molar-refractivity contribution is 0.0934. The van der Waals surface area contributed by atoms with Gasteiger partial charge in [0, 0.05) is 38.3 Å². The predicted octanol–water partition coefficient (Wildman–Crippen LogP) is 3.49. The van der Waals surface area contributed by atoms with E-state index >= 15 is 0 Å². The first-order valence-electron chi connectivity index (χ1n) is 10.3. The Labute approximate surface area is 168 Å². The fourth-order valence-corrected chi connectivity index (χ4v) is 3.92. The van der Waals surface area contributed by atoms with Crippen LogP contribution in [0.3, 0.4) is 0 Å². The van der Waals surface area contributed by atoms with Crippen molar-refractivity contribution < 1.29 is 4.79 Å². The van der Waals surface area contributed by atoms with Gasteiger partial charge in [-0.05, 0) is 57.4 Å². The molecular weight excluding hydrogens is 348 g/mol. The highest BCUT2D eigenvalue weighted by atomic mass is 16.1. The topological polar surface area (TPSA) is 48.5 Å². The summed E-state index contributed by atoms with van der Waals surface area (Å²) in [6, 6.07) is 15.2. The van der Waals surface area contributed by atoms with Gasteiger partial charge in [-0.2, -0.15) is 0 Å². The number of anilines is 1. The fourth-order valence-electron chi connectivity index (χ4n) is 3.92. The van der Waals surface area contributed by atoms with Crippen molar-refractivity contribution in [1.29, 1.82) is 0 Å². The Balaban J connectivity index is 1.61. The molecule has 0 fully saturated rings. The fraction of sp³-hybridized carbons (Fsp3) is 0.478. The summed E-state index contributed by atoms with van der Waals surface area (Å²) in [5, 5.41) is 3.02. The van der Waals surface area contributed by atoms with Crippen LogP contribution in [0.5, 0.6) is 0 Å². The Hall–Kier alpha value is -2.40. The molecule has 3 rings (SSSR count). The molecule has 2 aromatic rings. The molecule has 0 atom stereocenters. The number of pyridine rings is 1. The van der Waals surface area contributed by atoms with Crippen LogP contribution in [0.2, 0.25) is 0 Å². The van der Waals surface area contributed by atoms with Crippen molar-refractivity contribution in [3.8, 4) is 0 Å². The summed E-state index contributed by atoms with van der Waals surface area (Å²) < 4.78 is 0. The van der Waals surface area contributed by atoms with E-state index in [0.717, 1.165) is 31.9 Å². The monoisotopic (exact) mass is 380 g/mol. The SMILES string of the molecule is CC(C)N(CCNC(=O)c1cccc(N2CCc3ccccc3C2)n1)C(C)C. The molecule has 1 aliphatic heterocycles. The number of amides is 1. The Kier molecular flexibility index (Phi) is 6.68. The number of hydrogen-bond acceptors (Lipinski definition) is 4. The molecule has 0 saturated heterocycles. The summed E-state index contributed by atoms with van der Waals surface area (Å²) in [6.07, 6.45) is 1.01. The van der Waals surface area contributed by atoms with Crippen molar-refractivity contribution in [2.45, 2.75) is 52.7 Å². The van der Waals surface area contributed by atoms with E-state index in [1.54, 1.807) is 6.07 Å². The minimum atomic E-state index is -0.105. The van der Waals surface area contributed by atoms with Gasteiger partial charge in [0.1, 0.15) is 11.5 Å². The van der Waals surface area contributed by atoms with Crippen LogP contribution in [0.1, 0.15) is 49.3 Å². The highest BCUT2D eigenvalue weighted by Crippen LogP contribution is 2.23. The molecule has 0 unspecified atom stereocenters. The van der Waals surface area contributed by atoms with Gasteiger partial charge in [0.25, 0.3) is 5.91 Å². The Morgan fingerprint density at radius 1 is 1.07 bits per heavy atom. The molecular formula is C23H32N4O. The smallest absolute Gasteiger partial charge is 0.270 e. The Morgan fingerprint density at radius 3 is 2.50 bits per heavy atom. The number of aromatic nitrogens is 1. The van der Waals surface area contributed by atoms with Crippen LogP contribution in [0.15, 0.2) is 42.5 Å². The van der Waals surface area contributed by atoms with Gasteiger partial charge < -0.3 is 10.2 Å². The lowest BCUT2D eigenvalue weighted by Gasteiger charge is -2.30. The molecule has 0 radical (unpaired) electrons. The lowest BCUT2D eigenvalue weighted by atomic mass is 10.00. The Bertz CT molecular complexity index is 795. The average Bonchev–Trinajstić information content (AvgIpc) is 2.70. The zero-order valence-electron chi connectivity index (χ0n) is 17.5. The van der Waals surface area contributed by atoms with Crippen LogP contribution in [-0.2, 0) is 13.0 Å². The number of benzene rings is 1. The molecule has 1 amide bonds. The number of fused-ring (bicyclic) bond motifs is 1. The molecule has 1 aliphatic rings. The van der Waals surface area contributed by atoms with Crippen molar-refractivity contribution >= 4 is 11.7 Å². The minimum Gasteiger partial charge on any atom is -0.352 e. The second-order valence-corrected chi connectivity index (χ2v) is 8.00. The summed E-state index contributed by atoms with van der Waals surface area (Å²) in [5.74, 6) is 0.764. The summed E-state index contributed by atoms with van der Waals surface area (Å²) in [4.78, 5) is 21.8. The number of rotatable bonds is 7. The van der Waals surface area contributed by atoms with Crippen molar-refractivity contribution in [3.05, 3.63) is 59.3 Å². The third kappa shape index (κ3) is 4.90. The summed E-state index contributed by atoms with van der Waals surface area (Å²) in [6.45, 7) is 12.0. The number of hydrogen-bond donors (Lipinski definition) is 1. The molecule has 28 heavy (non-hydrogen) atoms. The standard InChI is InChI=1S/C23H32N4O/c1-17(2)27(18(3)4)15-13-24-23(28)21-10-7-11-22(25-21)26-14-12-19-8-5-6-9-20(19)16-26/h5-11,17-18H,12-16H2,1-4H3,(H,24,28). The highest BCUT2D eigenvalue weighted by molar-refractivity contribution is 5.92. The second-order valence-electron chi connectivity index (χ2n) is 8.00. The molecule has 0 bridgehead atoms. The summed E-state index contributed by atoms with van der Waals surface area (Å²) >= 11 is 0. The zero-order valence-corrected chi connectivity index (χ0v) is 17.5. The van der Waals surface area contributed by atoms with Gasteiger partial charge >= 0.3 is 0 Å². The van der Waals surface area contributed by atoms with Gasteiger partial charge in [-0.15, -0.1) is 0 Å². The average molecular weight is 381 g/mol. The maximum atomic E-state index is 12.6. The summed E-state index contributed by atoms with van der Waals surface area (Å²) in [5.41, 5.74) is 3.23. The van der Waals surface area contributed by atoms with E-state index in [9.17, 15) is 4.79 Å². The van der Waals surface area contributed by atoms with E-state index in [1.807, 2.05) is 12.1 Å². The molecule has 1 N–H and O–H groups in total. The number of nitrogens with zero attached hydrogens (tertiary/aromatic N) is 3. The van der Waals surface area contributed by atoms with Crippen molar-refractivity contribution in [2.24, 2.45) is 0 Å². The van der Waals surface area contributed by atoms with Crippen LogP contribution in [-0.4, -0.2) is 47.5 Å². The van der Waals surface area contributed by atoms with Crippen LogP contribution in [0.25, 0.3) is 0 Å². The van der Waals surface area contributed by atoms with E-state index in [-0.39, 0.29) is 5.91 Å².